The average Bonchev–Trinajstić information content (AvgIpc) is 2.44. The highest BCUT2D eigenvalue weighted by Crippen LogP contribution is 2.11. The molecule has 0 aliphatic rings. The highest BCUT2D eigenvalue weighted by molar-refractivity contribution is 7.80. The van der Waals surface area contributed by atoms with Crippen molar-refractivity contribution >= 4 is 40.3 Å². The first-order chi connectivity index (χ1) is 9.63. The van der Waals surface area contributed by atoms with Crippen LogP contribution in [-0.2, 0) is 6.42 Å². The van der Waals surface area contributed by atoms with Crippen molar-refractivity contribution in [3.8, 4) is 0 Å². The molecule has 4 N–H and O–H groups in total. The van der Waals surface area contributed by atoms with Crippen LogP contribution < -0.4 is 16.4 Å². The fourth-order valence-corrected chi connectivity index (χ4v) is 2.06. The summed E-state index contributed by atoms with van der Waals surface area (Å²) in [6, 6.07) is 15.3. The molecule has 0 amide bonds. The molecule has 0 fully saturated rings. The number of hydrogen-bond donors (Lipinski definition) is 3. The Balaban J connectivity index is 1.75. The normalized spacial score (nSPS) is 10.1. The standard InChI is InChI=1S/C15H16ClN3S/c16-12-3-1-11(2-4-12)9-10-18-15(20)19-14-7-5-13(17)6-8-14/h1-8H,9-10,17H2,(H2,18,19,20). The smallest absolute Gasteiger partial charge is 0.170 e. The third-order valence-corrected chi connectivity index (χ3v) is 3.28. The van der Waals surface area contributed by atoms with Gasteiger partial charge in [-0.1, -0.05) is 23.7 Å². The molecular formula is C15H16ClN3S. The van der Waals surface area contributed by atoms with Gasteiger partial charge in [0.05, 0.1) is 0 Å². The molecule has 2 aromatic rings. The molecular weight excluding hydrogens is 290 g/mol. The lowest BCUT2D eigenvalue weighted by molar-refractivity contribution is 0.873. The van der Waals surface area contributed by atoms with Crippen molar-refractivity contribution in [3.63, 3.8) is 0 Å². The molecule has 20 heavy (non-hydrogen) atoms. The lowest BCUT2D eigenvalue weighted by Crippen LogP contribution is -2.30. The lowest BCUT2D eigenvalue weighted by atomic mass is 10.1. The van der Waals surface area contributed by atoms with Crippen LogP contribution in [0.3, 0.4) is 0 Å². The van der Waals surface area contributed by atoms with Gasteiger partial charge in [-0.15, -0.1) is 0 Å². The molecule has 104 valence electrons. The van der Waals surface area contributed by atoms with Crippen molar-refractivity contribution in [1.82, 2.24) is 5.32 Å². The first-order valence-electron chi connectivity index (χ1n) is 6.28. The molecule has 0 spiro atoms. The van der Waals surface area contributed by atoms with E-state index in [-0.39, 0.29) is 0 Å². The van der Waals surface area contributed by atoms with Gasteiger partial charge in [0.15, 0.2) is 5.11 Å². The number of nitrogens with two attached hydrogens (primary N) is 1. The first kappa shape index (κ1) is 14.6. The molecule has 0 saturated carbocycles. The van der Waals surface area contributed by atoms with E-state index in [9.17, 15) is 0 Å². The van der Waals surface area contributed by atoms with Crippen LogP contribution in [0.2, 0.25) is 5.02 Å². The summed E-state index contributed by atoms with van der Waals surface area (Å²) in [4.78, 5) is 0. The van der Waals surface area contributed by atoms with Gasteiger partial charge >= 0.3 is 0 Å². The molecule has 5 heteroatoms. The summed E-state index contributed by atoms with van der Waals surface area (Å²) in [7, 11) is 0. The van der Waals surface area contributed by atoms with Crippen LogP contribution in [0.1, 0.15) is 5.56 Å². The van der Waals surface area contributed by atoms with Crippen LogP contribution in [0.25, 0.3) is 0 Å². The molecule has 2 aromatic carbocycles. The van der Waals surface area contributed by atoms with Crippen molar-refractivity contribution < 1.29 is 0 Å². The van der Waals surface area contributed by atoms with Crippen molar-refractivity contribution in [2.45, 2.75) is 6.42 Å². The van der Waals surface area contributed by atoms with Crippen molar-refractivity contribution in [1.29, 1.82) is 0 Å². The zero-order chi connectivity index (χ0) is 14.4. The topological polar surface area (TPSA) is 50.1 Å². The van der Waals surface area contributed by atoms with Gasteiger partial charge in [0.25, 0.3) is 0 Å². The minimum Gasteiger partial charge on any atom is -0.399 e. The SMILES string of the molecule is Nc1ccc(NC(=S)NCCc2ccc(Cl)cc2)cc1. The van der Waals surface area contributed by atoms with Gasteiger partial charge in [-0.25, -0.2) is 0 Å². The van der Waals surface area contributed by atoms with Crippen LogP contribution in [0.4, 0.5) is 11.4 Å². The average molecular weight is 306 g/mol. The van der Waals surface area contributed by atoms with E-state index in [1.54, 1.807) is 0 Å². The second-order valence-corrected chi connectivity index (χ2v) is 5.22. The lowest BCUT2D eigenvalue weighted by Gasteiger charge is -2.10. The van der Waals surface area contributed by atoms with Gasteiger partial charge in [0.2, 0.25) is 0 Å². The van der Waals surface area contributed by atoms with E-state index in [1.165, 1.54) is 5.56 Å². The first-order valence-corrected chi connectivity index (χ1v) is 7.07. The Morgan fingerprint density at radius 1 is 1.05 bits per heavy atom. The van der Waals surface area contributed by atoms with Crippen LogP contribution in [0, 0.1) is 0 Å². The monoisotopic (exact) mass is 305 g/mol. The van der Waals surface area contributed by atoms with E-state index in [1.807, 2.05) is 48.5 Å². The van der Waals surface area contributed by atoms with Gasteiger partial charge in [-0.05, 0) is 60.6 Å². The Morgan fingerprint density at radius 2 is 1.70 bits per heavy atom. The second-order valence-electron chi connectivity index (χ2n) is 4.38. The molecule has 3 nitrogen and oxygen atoms in total. The number of hydrogen-bond acceptors (Lipinski definition) is 2. The molecule has 0 atom stereocenters. The van der Waals surface area contributed by atoms with Gasteiger partial charge in [-0.3, -0.25) is 0 Å². The molecule has 0 radical (unpaired) electrons. The Kier molecular flexibility index (Phi) is 5.21. The van der Waals surface area contributed by atoms with Crippen LogP contribution in [-0.4, -0.2) is 11.7 Å². The predicted molar refractivity (Wildman–Crippen MR) is 90.2 cm³/mol. The van der Waals surface area contributed by atoms with Crippen molar-refractivity contribution in [2.24, 2.45) is 0 Å². The molecule has 0 saturated heterocycles. The Bertz CT molecular complexity index is 567. The maximum absolute atomic E-state index is 5.84. The minimum absolute atomic E-state index is 0.601. The number of thiocarbonyl (C=S) groups is 1. The van der Waals surface area contributed by atoms with Crippen LogP contribution in [0.15, 0.2) is 48.5 Å². The Morgan fingerprint density at radius 3 is 2.35 bits per heavy atom. The van der Waals surface area contributed by atoms with E-state index in [0.29, 0.717) is 5.11 Å². The highest BCUT2D eigenvalue weighted by atomic mass is 35.5. The Hall–Kier alpha value is -1.78. The predicted octanol–water partition coefficient (Wildman–Crippen LogP) is 3.45. The van der Waals surface area contributed by atoms with Crippen molar-refractivity contribution in [3.05, 3.63) is 59.1 Å². The number of benzene rings is 2. The zero-order valence-corrected chi connectivity index (χ0v) is 12.5. The maximum atomic E-state index is 5.84. The summed E-state index contributed by atoms with van der Waals surface area (Å²) in [5.41, 5.74) is 8.50. The second kappa shape index (κ2) is 7.12. The highest BCUT2D eigenvalue weighted by Gasteiger charge is 1.98. The van der Waals surface area contributed by atoms with Gasteiger partial charge in [0, 0.05) is 22.9 Å². The van der Waals surface area contributed by atoms with E-state index < -0.39 is 0 Å². The van der Waals surface area contributed by atoms with Gasteiger partial charge < -0.3 is 16.4 Å². The fourth-order valence-electron chi connectivity index (χ4n) is 1.71. The third kappa shape index (κ3) is 4.72. The van der Waals surface area contributed by atoms with E-state index in [0.717, 1.165) is 29.4 Å². The van der Waals surface area contributed by atoms with Crippen molar-refractivity contribution in [2.75, 3.05) is 17.6 Å². The van der Waals surface area contributed by atoms with Gasteiger partial charge in [0.1, 0.15) is 0 Å². The molecule has 0 unspecified atom stereocenters. The molecule has 2 rings (SSSR count). The summed E-state index contributed by atoms with van der Waals surface area (Å²) in [5, 5.41) is 7.63. The summed E-state index contributed by atoms with van der Waals surface area (Å²) in [6.07, 6.45) is 0.890. The van der Waals surface area contributed by atoms with E-state index in [2.05, 4.69) is 10.6 Å². The number of anilines is 2. The summed E-state index contributed by atoms with van der Waals surface area (Å²) >= 11 is 11.1. The van der Waals surface area contributed by atoms with Crippen LogP contribution >= 0.6 is 23.8 Å². The van der Waals surface area contributed by atoms with Crippen LogP contribution in [0.5, 0.6) is 0 Å². The molecule has 0 aliphatic carbocycles. The number of nitrogen functional groups attached to an aromatic ring is 1. The largest absolute Gasteiger partial charge is 0.399 e. The fraction of sp³-hybridized carbons (Fsp3) is 0.133. The molecule has 0 bridgehead atoms. The molecule has 0 heterocycles. The summed E-state index contributed by atoms with van der Waals surface area (Å²) in [5.74, 6) is 0. The minimum atomic E-state index is 0.601. The van der Waals surface area contributed by atoms with E-state index in [4.69, 9.17) is 29.6 Å². The summed E-state index contributed by atoms with van der Waals surface area (Å²) < 4.78 is 0. The number of halogens is 1. The number of rotatable bonds is 4. The van der Waals surface area contributed by atoms with E-state index >= 15 is 0 Å². The molecule has 0 aromatic heterocycles. The molecule has 0 aliphatic heterocycles. The third-order valence-electron chi connectivity index (χ3n) is 2.78. The Labute approximate surface area is 129 Å². The summed E-state index contributed by atoms with van der Waals surface area (Å²) in [6.45, 7) is 0.766. The van der Waals surface area contributed by atoms with Gasteiger partial charge in [-0.2, -0.15) is 0 Å². The zero-order valence-electron chi connectivity index (χ0n) is 10.9. The maximum Gasteiger partial charge on any atom is 0.170 e. The quantitative estimate of drug-likeness (QED) is 0.598. The number of nitrogens with one attached hydrogen (secondary N) is 2.